The Hall–Kier alpha value is -3.12. The van der Waals surface area contributed by atoms with E-state index in [1.165, 1.54) is 25.8 Å². The summed E-state index contributed by atoms with van der Waals surface area (Å²) in [5.41, 5.74) is 2.01. The van der Waals surface area contributed by atoms with Gasteiger partial charge in [-0.25, -0.2) is 4.79 Å². The van der Waals surface area contributed by atoms with E-state index in [0.29, 0.717) is 24.0 Å². The Morgan fingerprint density at radius 3 is 2.79 bits per heavy atom. The molecule has 1 atom stereocenters. The van der Waals surface area contributed by atoms with Gasteiger partial charge in [-0.3, -0.25) is 4.98 Å². The molecule has 1 aliphatic rings. The fourth-order valence-electron chi connectivity index (χ4n) is 4.40. The van der Waals surface area contributed by atoms with Gasteiger partial charge in [0.2, 0.25) is 0 Å². The van der Waals surface area contributed by atoms with Crippen molar-refractivity contribution in [3.63, 3.8) is 0 Å². The number of benzene rings is 2. The van der Waals surface area contributed by atoms with E-state index in [2.05, 4.69) is 22.1 Å². The summed E-state index contributed by atoms with van der Waals surface area (Å²) in [7, 11) is 0. The van der Waals surface area contributed by atoms with Crippen molar-refractivity contribution in [2.75, 3.05) is 31.6 Å². The van der Waals surface area contributed by atoms with Gasteiger partial charge in [-0.05, 0) is 70.0 Å². The van der Waals surface area contributed by atoms with Crippen LogP contribution in [0.15, 0.2) is 54.7 Å². The molecule has 0 amide bonds. The van der Waals surface area contributed by atoms with Crippen LogP contribution in [0.5, 0.6) is 11.5 Å². The fourth-order valence-corrected chi connectivity index (χ4v) is 4.40. The summed E-state index contributed by atoms with van der Waals surface area (Å²) in [6.07, 6.45) is 6.49. The zero-order chi connectivity index (χ0) is 23.0. The van der Waals surface area contributed by atoms with Gasteiger partial charge in [-0.15, -0.1) is 0 Å². The number of nitrogens with one attached hydrogen (secondary N) is 1. The number of carbonyl (C=O) groups excluding carboxylic acids is 1. The van der Waals surface area contributed by atoms with Crippen LogP contribution in [0.4, 0.5) is 5.69 Å². The average molecular weight is 448 g/mol. The maximum Gasteiger partial charge on any atom is 0.341 e. The number of para-hydroxylation sites is 1. The third kappa shape index (κ3) is 5.82. The summed E-state index contributed by atoms with van der Waals surface area (Å²) < 4.78 is 11.3. The number of rotatable bonds is 9. The van der Waals surface area contributed by atoms with Crippen molar-refractivity contribution in [2.45, 2.75) is 45.6 Å². The third-order valence-electron chi connectivity index (χ3n) is 6.18. The number of likely N-dealkylation sites (tertiary alicyclic amines) is 1. The van der Waals surface area contributed by atoms with Crippen molar-refractivity contribution in [2.24, 2.45) is 0 Å². The van der Waals surface area contributed by atoms with E-state index in [1.54, 1.807) is 6.20 Å². The molecule has 6 nitrogen and oxygen atoms in total. The van der Waals surface area contributed by atoms with Crippen LogP contribution < -0.4 is 10.1 Å². The number of carbonyl (C=O) groups is 1. The first kappa shape index (κ1) is 23.1. The Morgan fingerprint density at radius 1 is 1.15 bits per heavy atom. The van der Waals surface area contributed by atoms with Crippen LogP contribution >= 0.6 is 0 Å². The minimum Gasteiger partial charge on any atom is -0.462 e. The Bertz CT molecular complexity index is 1070. The zero-order valence-electron chi connectivity index (χ0n) is 19.5. The van der Waals surface area contributed by atoms with Gasteiger partial charge in [0, 0.05) is 30.7 Å². The van der Waals surface area contributed by atoms with Gasteiger partial charge in [0.1, 0.15) is 17.1 Å². The molecule has 0 aliphatic carbocycles. The molecule has 0 saturated carbocycles. The highest BCUT2D eigenvalue weighted by molar-refractivity contribution is 6.05. The predicted octanol–water partition coefficient (Wildman–Crippen LogP) is 5.88. The average Bonchev–Trinajstić information content (AvgIpc) is 2.83. The van der Waals surface area contributed by atoms with Gasteiger partial charge in [-0.1, -0.05) is 24.6 Å². The number of hydrogen-bond donors (Lipinski definition) is 1. The van der Waals surface area contributed by atoms with Crippen LogP contribution in [0.2, 0.25) is 0 Å². The Labute approximate surface area is 195 Å². The number of pyridine rings is 1. The second kappa shape index (κ2) is 11.1. The third-order valence-corrected chi connectivity index (χ3v) is 6.18. The summed E-state index contributed by atoms with van der Waals surface area (Å²) in [6, 6.07) is 16.1. The van der Waals surface area contributed by atoms with Gasteiger partial charge in [0.05, 0.1) is 17.8 Å². The van der Waals surface area contributed by atoms with Crippen molar-refractivity contribution in [1.29, 1.82) is 0 Å². The summed E-state index contributed by atoms with van der Waals surface area (Å²) in [5, 5.41) is 4.37. The zero-order valence-corrected chi connectivity index (χ0v) is 19.5. The van der Waals surface area contributed by atoms with Crippen LogP contribution in [-0.2, 0) is 4.74 Å². The van der Waals surface area contributed by atoms with Crippen LogP contribution in [-0.4, -0.2) is 48.1 Å². The molecule has 4 rings (SSSR count). The number of piperidine rings is 1. The topological polar surface area (TPSA) is 63.7 Å². The second-order valence-corrected chi connectivity index (χ2v) is 8.52. The largest absolute Gasteiger partial charge is 0.462 e. The lowest BCUT2D eigenvalue weighted by Gasteiger charge is -2.33. The van der Waals surface area contributed by atoms with E-state index in [-0.39, 0.29) is 5.97 Å². The van der Waals surface area contributed by atoms with E-state index >= 15 is 0 Å². The molecular weight excluding hydrogens is 414 g/mol. The number of nitrogens with zero attached hydrogens (tertiary/aromatic N) is 2. The number of fused-ring (bicyclic) bond motifs is 1. The minimum atomic E-state index is -0.367. The molecular formula is C27H33N3O3. The molecule has 2 aromatic carbocycles. The van der Waals surface area contributed by atoms with Crippen molar-refractivity contribution in [3.05, 3.63) is 60.3 Å². The van der Waals surface area contributed by atoms with E-state index in [1.807, 2.05) is 55.5 Å². The van der Waals surface area contributed by atoms with Gasteiger partial charge >= 0.3 is 5.97 Å². The Balaban J connectivity index is 1.56. The number of esters is 1. The molecule has 0 spiro atoms. The number of ether oxygens (including phenoxy) is 2. The van der Waals surface area contributed by atoms with Crippen molar-refractivity contribution < 1.29 is 14.3 Å². The predicted molar refractivity (Wildman–Crippen MR) is 132 cm³/mol. The first-order valence-electron chi connectivity index (χ1n) is 12.0. The highest BCUT2D eigenvalue weighted by atomic mass is 16.5. The first-order valence-corrected chi connectivity index (χ1v) is 12.0. The van der Waals surface area contributed by atoms with Crippen molar-refractivity contribution in [1.82, 2.24) is 9.88 Å². The molecule has 1 N–H and O–H groups in total. The van der Waals surface area contributed by atoms with Crippen LogP contribution in [0.1, 0.15) is 49.9 Å². The molecule has 1 saturated heterocycles. The van der Waals surface area contributed by atoms with E-state index in [4.69, 9.17) is 9.47 Å². The molecule has 3 aromatic rings. The van der Waals surface area contributed by atoms with Gasteiger partial charge < -0.3 is 19.7 Å². The lowest BCUT2D eigenvalue weighted by molar-refractivity contribution is 0.0527. The van der Waals surface area contributed by atoms with E-state index in [0.717, 1.165) is 41.9 Å². The maximum absolute atomic E-state index is 12.7. The van der Waals surface area contributed by atoms with Crippen LogP contribution in [0.25, 0.3) is 10.9 Å². The molecule has 33 heavy (non-hydrogen) atoms. The first-order chi connectivity index (χ1) is 16.2. The van der Waals surface area contributed by atoms with Gasteiger partial charge in [-0.2, -0.15) is 0 Å². The lowest BCUT2D eigenvalue weighted by Crippen LogP contribution is -2.38. The summed E-state index contributed by atoms with van der Waals surface area (Å²) in [4.78, 5) is 19.7. The SMILES string of the molecule is CCOC(=O)c1cnc2ccc(Oc3ccccc3)cc2c1NCCCN1CCCCC1C. The molecule has 1 fully saturated rings. The molecule has 1 unspecified atom stereocenters. The van der Waals surface area contributed by atoms with Crippen LogP contribution in [0.3, 0.4) is 0 Å². The fraction of sp³-hybridized carbons (Fsp3) is 0.407. The quantitative estimate of drug-likeness (QED) is 0.326. The number of anilines is 1. The second-order valence-electron chi connectivity index (χ2n) is 8.52. The Morgan fingerprint density at radius 2 is 2.00 bits per heavy atom. The highest BCUT2D eigenvalue weighted by Gasteiger charge is 2.19. The molecule has 174 valence electrons. The molecule has 1 aromatic heterocycles. The molecule has 1 aliphatic heterocycles. The standard InChI is InChI=1S/C27H33N3O3/c1-3-32-27(31)24-19-29-25-14-13-22(33-21-11-5-4-6-12-21)18-23(25)26(24)28-15-9-17-30-16-8-7-10-20(30)2/h4-6,11-14,18-20H,3,7-10,15-17H2,1-2H3,(H,28,29). The molecule has 0 radical (unpaired) electrons. The monoisotopic (exact) mass is 447 g/mol. The van der Waals surface area contributed by atoms with Gasteiger partial charge in [0.25, 0.3) is 0 Å². The molecule has 0 bridgehead atoms. The van der Waals surface area contributed by atoms with E-state index < -0.39 is 0 Å². The van der Waals surface area contributed by atoms with Crippen molar-refractivity contribution in [3.8, 4) is 11.5 Å². The normalized spacial score (nSPS) is 16.5. The molecule has 6 heteroatoms. The van der Waals surface area contributed by atoms with Crippen molar-refractivity contribution >= 4 is 22.6 Å². The Kier molecular flexibility index (Phi) is 7.79. The lowest BCUT2D eigenvalue weighted by atomic mass is 10.0. The summed E-state index contributed by atoms with van der Waals surface area (Å²) in [6.45, 7) is 7.43. The van der Waals surface area contributed by atoms with Gasteiger partial charge in [0.15, 0.2) is 0 Å². The minimum absolute atomic E-state index is 0.320. The summed E-state index contributed by atoms with van der Waals surface area (Å²) in [5.74, 6) is 1.09. The number of aromatic nitrogens is 1. The smallest absolute Gasteiger partial charge is 0.341 e. The van der Waals surface area contributed by atoms with E-state index in [9.17, 15) is 4.79 Å². The highest BCUT2D eigenvalue weighted by Crippen LogP contribution is 2.32. The maximum atomic E-state index is 12.7. The van der Waals surface area contributed by atoms with Crippen LogP contribution in [0, 0.1) is 0 Å². The molecule has 2 heterocycles. The summed E-state index contributed by atoms with van der Waals surface area (Å²) >= 11 is 0. The number of hydrogen-bond acceptors (Lipinski definition) is 6.